The van der Waals surface area contributed by atoms with Gasteiger partial charge in [-0.3, -0.25) is 0 Å². The summed E-state index contributed by atoms with van der Waals surface area (Å²) in [5.74, 6) is 1.10. The van der Waals surface area contributed by atoms with Crippen LogP contribution in [0.4, 0.5) is 4.39 Å². The minimum atomic E-state index is -0.265. The summed E-state index contributed by atoms with van der Waals surface area (Å²) >= 11 is 8.13. The van der Waals surface area contributed by atoms with E-state index < -0.39 is 0 Å². The van der Waals surface area contributed by atoms with Crippen molar-refractivity contribution in [3.05, 3.63) is 99.0 Å². The lowest BCUT2D eigenvalue weighted by Gasteiger charge is -2.12. The van der Waals surface area contributed by atoms with Crippen molar-refractivity contribution in [2.24, 2.45) is 0 Å². The Bertz CT molecular complexity index is 940. The molecule has 2 aromatic carbocycles. The molecule has 0 aliphatic carbocycles. The van der Waals surface area contributed by atoms with E-state index in [1.807, 2.05) is 47.9 Å². The lowest BCUT2D eigenvalue weighted by molar-refractivity contribution is 0.515. The first-order chi connectivity index (χ1) is 11.7. The van der Waals surface area contributed by atoms with Crippen LogP contribution in [0.5, 0.6) is 5.75 Å². The van der Waals surface area contributed by atoms with Gasteiger partial charge in [0.1, 0.15) is 11.6 Å². The molecule has 2 heterocycles. The molecule has 0 fully saturated rings. The van der Waals surface area contributed by atoms with Crippen LogP contribution in [0.15, 0.2) is 77.2 Å². The van der Waals surface area contributed by atoms with Crippen molar-refractivity contribution in [3.63, 3.8) is 0 Å². The monoisotopic (exact) mass is 354 g/mol. The number of ether oxygens (including phenoxy) is 1. The molecule has 0 saturated heterocycles. The average molecular weight is 355 g/mol. The highest BCUT2D eigenvalue weighted by molar-refractivity contribution is 7.11. The Kier molecular flexibility index (Phi) is 3.97. The zero-order valence-electron chi connectivity index (χ0n) is 12.5. The van der Waals surface area contributed by atoms with E-state index in [9.17, 15) is 4.39 Å². The van der Waals surface area contributed by atoms with E-state index in [4.69, 9.17) is 16.3 Å². The first kappa shape index (κ1) is 15.2. The topological polar surface area (TPSA) is 9.23 Å². The van der Waals surface area contributed by atoms with Gasteiger partial charge in [-0.15, -0.1) is 11.3 Å². The first-order valence-electron chi connectivity index (χ1n) is 7.41. The molecule has 24 heavy (non-hydrogen) atoms. The molecule has 4 heteroatoms. The summed E-state index contributed by atoms with van der Waals surface area (Å²) in [5.41, 5.74) is 2.72. The highest BCUT2D eigenvalue weighted by Gasteiger charge is 2.20. The van der Waals surface area contributed by atoms with Crippen LogP contribution in [0.25, 0.3) is 11.3 Å². The van der Waals surface area contributed by atoms with E-state index in [1.165, 1.54) is 12.1 Å². The highest BCUT2D eigenvalue weighted by atomic mass is 35.5. The van der Waals surface area contributed by atoms with Crippen LogP contribution < -0.4 is 4.74 Å². The number of rotatable bonds is 2. The van der Waals surface area contributed by atoms with Crippen molar-refractivity contribution < 1.29 is 9.13 Å². The van der Waals surface area contributed by atoms with Gasteiger partial charge < -0.3 is 4.74 Å². The summed E-state index contributed by atoms with van der Waals surface area (Å²) in [5, 5.41) is 2.50. The van der Waals surface area contributed by atoms with E-state index >= 15 is 0 Å². The number of para-hydroxylation sites is 1. The third kappa shape index (κ3) is 2.77. The van der Waals surface area contributed by atoms with E-state index in [0.717, 1.165) is 27.3 Å². The predicted molar refractivity (Wildman–Crippen MR) is 97.6 cm³/mol. The molecule has 1 aliphatic heterocycles. The first-order valence-corrected chi connectivity index (χ1v) is 8.67. The molecule has 118 valence electrons. The minimum absolute atomic E-state index is 0.265. The Labute approximate surface area is 148 Å². The second kappa shape index (κ2) is 6.27. The van der Waals surface area contributed by atoms with Crippen LogP contribution >= 0.6 is 22.9 Å². The van der Waals surface area contributed by atoms with E-state index in [-0.39, 0.29) is 5.82 Å². The quantitative estimate of drug-likeness (QED) is 0.523. The largest absolute Gasteiger partial charge is 0.454 e. The summed E-state index contributed by atoms with van der Waals surface area (Å²) < 4.78 is 19.4. The van der Waals surface area contributed by atoms with Crippen LogP contribution in [-0.2, 0) is 0 Å². The SMILES string of the molecule is Fc1ccc(C2=CC(Cl)=C(c3cccs3)Oc3ccccc32)cc1. The number of benzene rings is 2. The second-order valence-electron chi connectivity index (χ2n) is 5.32. The number of hydrogen-bond acceptors (Lipinski definition) is 2. The zero-order valence-corrected chi connectivity index (χ0v) is 14.1. The summed E-state index contributed by atoms with van der Waals surface area (Å²) in [7, 11) is 0. The van der Waals surface area contributed by atoms with Gasteiger partial charge in [0.25, 0.3) is 0 Å². The molecule has 1 aliphatic rings. The predicted octanol–water partition coefficient (Wildman–Crippen LogP) is 6.32. The van der Waals surface area contributed by atoms with Crippen LogP contribution in [0, 0.1) is 5.82 Å². The van der Waals surface area contributed by atoms with Crippen molar-refractivity contribution in [1.82, 2.24) is 0 Å². The molecule has 1 aromatic heterocycles. The third-order valence-electron chi connectivity index (χ3n) is 3.78. The molecule has 3 aromatic rings. The average Bonchev–Trinajstić information content (AvgIpc) is 3.08. The van der Waals surface area contributed by atoms with Gasteiger partial charge in [-0.25, -0.2) is 4.39 Å². The fraction of sp³-hybridized carbons (Fsp3) is 0. The lowest BCUT2D eigenvalue weighted by Crippen LogP contribution is -1.95. The summed E-state index contributed by atoms with van der Waals surface area (Å²) in [6, 6.07) is 18.1. The summed E-state index contributed by atoms with van der Waals surface area (Å²) in [4.78, 5) is 0.964. The van der Waals surface area contributed by atoms with Crippen molar-refractivity contribution in [2.45, 2.75) is 0 Å². The zero-order chi connectivity index (χ0) is 16.5. The molecule has 0 atom stereocenters. The molecule has 0 saturated carbocycles. The van der Waals surface area contributed by atoms with E-state index in [2.05, 4.69) is 0 Å². The lowest BCUT2D eigenvalue weighted by atomic mass is 9.97. The molecule has 1 nitrogen and oxygen atoms in total. The van der Waals surface area contributed by atoms with Gasteiger partial charge in [0.2, 0.25) is 0 Å². The van der Waals surface area contributed by atoms with Crippen molar-refractivity contribution in [3.8, 4) is 5.75 Å². The normalized spacial score (nSPS) is 13.8. The number of allylic oxidation sites excluding steroid dienone is 2. The van der Waals surface area contributed by atoms with Crippen LogP contribution in [0.3, 0.4) is 0 Å². The Morgan fingerprint density at radius 2 is 1.71 bits per heavy atom. The Morgan fingerprint density at radius 1 is 0.917 bits per heavy atom. The van der Waals surface area contributed by atoms with Gasteiger partial charge in [-0.1, -0.05) is 48.0 Å². The molecule has 0 spiro atoms. The molecule has 0 unspecified atom stereocenters. The van der Waals surface area contributed by atoms with Gasteiger partial charge in [0.15, 0.2) is 5.76 Å². The minimum Gasteiger partial charge on any atom is -0.454 e. The molecule has 0 amide bonds. The summed E-state index contributed by atoms with van der Waals surface area (Å²) in [6.07, 6.45) is 1.88. The van der Waals surface area contributed by atoms with Crippen molar-refractivity contribution in [1.29, 1.82) is 0 Å². The van der Waals surface area contributed by atoms with Crippen LogP contribution in [-0.4, -0.2) is 0 Å². The molecular weight excluding hydrogens is 343 g/mol. The third-order valence-corrected chi connectivity index (χ3v) is 4.93. The molecule has 4 rings (SSSR count). The number of thiophene rings is 1. The molecular formula is C20H12ClFOS. The van der Waals surface area contributed by atoms with Crippen LogP contribution in [0.2, 0.25) is 0 Å². The van der Waals surface area contributed by atoms with Crippen molar-refractivity contribution in [2.75, 3.05) is 0 Å². The van der Waals surface area contributed by atoms with Crippen molar-refractivity contribution >= 4 is 34.3 Å². The Balaban J connectivity index is 1.93. The smallest absolute Gasteiger partial charge is 0.163 e. The van der Waals surface area contributed by atoms with Gasteiger partial charge in [0, 0.05) is 5.56 Å². The van der Waals surface area contributed by atoms with Crippen LogP contribution in [0.1, 0.15) is 16.0 Å². The fourth-order valence-corrected chi connectivity index (χ4v) is 3.68. The maximum atomic E-state index is 13.3. The Morgan fingerprint density at radius 3 is 2.46 bits per heavy atom. The second-order valence-corrected chi connectivity index (χ2v) is 6.67. The molecule has 0 N–H and O–H groups in total. The van der Waals surface area contributed by atoms with Gasteiger partial charge >= 0.3 is 0 Å². The molecule has 0 bridgehead atoms. The highest BCUT2D eigenvalue weighted by Crippen LogP contribution is 2.40. The van der Waals surface area contributed by atoms with E-state index in [0.29, 0.717) is 10.8 Å². The maximum absolute atomic E-state index is 13.3. The number of hydrogen-bond donors (Lipinski definition) is 0. The maximum Gasteiger partial charge on any atom is 0.163 e. The number of halogens is 2. The Hall–Kier alpha value is -2.36. The van der Waals surface area contributed by atoms with E-state index in [1.54, 1.807) is 23.5 Å². The van der Waals surface area contributed by atoms with Gasteiger partial charge in [-0.05, 0) is 46.9 Å². The number of fused-ring (bicyclic) bond motifs is 1. The molecule has 0 radical (unpaired) electrons. The van der Waals surface area contributed by atoms with Gasteiger partial charge in [-0.2, -0.15) is 0 Å². The fourth-order valence-electron chi connectivity index (χ4n) is 2.65. The van der Waals surface area contributed by atoms with Gasteiger partial charge in [0.05, 0.1) is 9.91 Å². The summed E-state index contributed by atoms with van der Waals surface area (Å²) in [6.45, 7) is 0. The standard InChI is InChI=1S/C20H12ClFOS/c21-17-12-16(13-7-9-14(22)10-8-13)15-4-1-2-5-18(15)23-20(17)19-6-3-11-24-19/h1-12H.